The molecule has 1 aliphatic carbocycles. The van der Waals surface area contributed by atoms with Gasteiger partial charge in [0.15, 0.2) is 0 Å². The summed E-state index contributed by atoms with van der Waals surface area (Å²) in [5.74, 6) is 2.13. The first-order valence-corrected chi connectivity index (χ1v) is 6.37. The van der Waals surface area contributed by atoms with Crippen LogP contribution >= 0.6 is 12.6 Å². The van der Waals surface area contributed by atoms with Crippen molar-refractivity contribution < 1.29 is 0 Å². The first kappa shape index (κ1) is 8.60. The van der Waals surface area contributed by atoms with E-state index in [0.29, 0.717) is 5.54 Å². The second-order valence-electron chi connectivity index (χ2n) is 5.14. The van der Waals surface area contributed by atoms with Gasteiger partial charge in [-0.05, 0) is 44.6 Å². The smallest absolute Gasteiger partial charge is 0.0304 e. The SMILES string of the molecule is SC[C@@]12CCCN1[C@@H]1CCC[C@@H]1C2. The van der Waals surface area contributed by atoms with Crippen molar-refractivity contribution in [1.82, 2.24) is 4.90 Å². The van der Waals surface area contributed by atoms with Gasteiger partial charge < -0.3 is 0 Å². The molecule has 1 saturated carbocycles. The number of thiol groups is 1. The van der Waals surface area contributed by atoms with Crippen molar-refractivity contribution in [1.29, 1.82) is 0 Å². The molecule has 3 rings (SSSR count). The van der Waals surface area contributed by atoms with Gasteiger partial charge in [0.05, 0.1) is 0 Å². The molecular weight excluding hydrogens is 178 g/mol. The van der Waals surface area contributed by atoms with E-state index in [1.165, 1.54) is 45.1 Å². The molecule has 0 aromatic carbocycles. The van der Waals surface area contributed by atoms with E-state index >= 15 is 0 Å². The highest BCUT2D eigenvalue weighted by molar-refractivity contribution is 7.80. The lowest BCUT2D eigenvalue weighted by Gasteiger charge is -2.33. The highest BCUT2D eigenvalue weighted by Gasteiger charge is 2.53. The maximum Gasteiger partial charge on any atom is 0.0304 e. The van der Waals surface area contributed by atoms with Crippen LogP contribution in [0.3, 0.4) is 0 Å². The van der Waals surface area contributed by atoms with Crippen LogP contribution in [0.15, 0.2) is 0 Å². The van der Waals surface area contributed by atoms with Gasteiger partial charge in [0.25, 0.3) is 0 Å². The summed E-state index contributed by atoms with van der Waals surface area (Å²) in [6.07, 6.45) is 8.75. The topological polar surface area (TPSA) is 3.24 Å². The Morgan fingerprint density at radius 2 is 2.23 bits per heavy atom. The standard InChI is InChI=1S/C11H19NS/c13-8-11-5-2-6-12(11)10-4-1-3-9(10)7-11/h9-10,13H,1-8H2/t9-,10-,11+/m1/s1. The molecule has 0 aromatic heterocycles. The largest absolute Gasteiger partial charge is 0.294 e. The second kappa shape index (κ2) is 2.90. The number of hydrogen-bond acceptors (Lipinski definition) is 2. The minimum Gasteiger partial charge on any atom is -0.294 e. The van der Waals surface area contributed by atoms with Gasteiger partial charge in [0.2, 0.25) is 0 Å². The lowest BCUT2D eigenvalue weighted by Crippen LogP contribution is -2.43. The van der Waals surface area contributed by atoms with Gasteiger partial charge in [0, 0.05) is 17.3 Å². The highest BCUT2D eigenvalue weighted by Crippen LogP contribution is 2.51. The summed E-state index contributed by atoms with van der Waals surface area (Å²) < 4.78 is 0. The molecule has 74 valence electrons. The molecule has 2 heteroatoms. The van der Waals surface area contributed by atoms with Gasteiger partial charge in [0.1, 0.15) is 0 Å². The number of nitrogens with zero attached hydrogens (tertiary/aromatic N) is 1. The quantitative estimate of drug-likeness (QED) is 0.631. The average molecular weight is 197 g/mol. The lowest BCUT2D eigenvalue weighted by atomic mass is 9.91. The summed E-state index contributed by atoms with van der Waals surface area (Å²) in [4.78, 5) is 2.82. The summed E-state index contributed by atoms with van der Waals surface area (Å²) in [6.45, 7) is 1.36. The molecule has 3 fully saturated rings. The van der Waals surface area contributed by atoms with E-state index in [2.05, 4.69) is 17.5 Å². The number of fused-ring (bicyclic) bond motifs is 3. The van der Waals surface area contributed by atoms with E-state index in [0.717, 1.165) is 17.7 Å². The molecule has 0 aromatic rings. The van der Waals surface area contributed by atoms with Gasteiger partial charge in [-0.25, -0.2) is 0 Å². The predicted molar refractivity (Wildman–Crippen MR) is 58.3 cm³/mol. The molecule has 13 heavy (non-hydrogen) atoms. The predicted octanol–water partition coefficient (Wildman–Crippen LogP) is 2.32. The van der Waals surface area contributed by atoms with E-state index in [1.807, 2.05) is 0 Å². The van der Waals surface area contributed by atoms with Crippen molar-refractivity contribution in [2.24, 2.45) is 5.92 Å². The molecule has 0 bridgehead atoms. The Bertz CT molecular complexity index is 218. The van der Waals surface area contributed by atoms with Crippen LogP contribution in [0.4, 0.5) is 0 Å². The summed E-state index contributed by atoms with van der Waals surface area (Å²) in [7, 11) is 0. The molecule has 3 aliphatic rings. The second-order valence-corrected chi connectivity index (χ2v) is 5.46. The number of rotatable bonds is 1. The zero-order valence-corrected chi connectivity index (χ0v) is 9.10. The van der Waals surface area contributed by atoms with E-state index in [-0.39, 0.29) is 0 Å². The summed E-state index contributed by atoms with van der Waals surface area (Å²) >= 11 is 4.58. The molecule has 2 aliphatic heterocycles. The fraction of sp³-hybridized carbons (Fsp3) is 1.00. The minimum atomic E-state index is 0.541. The van der Waals surface area contributed by atoms with Gasteiger partial charge in [-0.2, -0.15) is 12.6 Å². The van der Waals surface area contributed by atoms with Crippen molar-refractivity contribution in [2.45, 2.75) is 50.1 Å². The Labute approximate surface area is 86.3 Å². The van der Waals surface area contributed by atoms with Gasteiger partial charge >= 0.3 is 0 Å². The van der Waals surface area contributed by atoms with Crippen LogP contribution in [0.25, 0.3) is 0 Å². The normalized spacial score (nSPS) is 49.6. The fourth-order valence-corrected chi connectivity index (χ4v) is 4.55. The van der Waals surface area contributed by atoms with Crippen molar-refractivity contribution in [2.75, 3.05) is 12.3 Å². The molecule has 1 nitrogen and oxygen atoms in total. The molecule has 3 atom stereocenters. The van der Waals surface area contributed by atoms with E-state index < -0.39 is 0 Å². The van der Waals surface area contributed by atoms with Crippen molar-refractivity contribution in [3.05, 3.63) is 0 Å². The molecular formula is C11H19NS. The molecule has 0 N–H and O–H groups in total. The summed E-state index contributed by atoms with van der Waals surface area (Å²) in [5, 5.41) is 0. The van der Waals surface area contributed by atoms with Crippen LogP contribution in [-0.4, -0.2) is 28.8 Å². The van der Waals surface area contributed by atoms with Gasteiger partial charge in [-0.1, -0.05) is 6.42 Å². The summed E-state index contributed by atoms with van der Waals surface area (Å²) in [5.41, 5.74) is 0.541. The maximum absolute atomic E-state index is 4.58. The van der Waals surface area contributed by atoms with Crippen LogP contribution in [0.1, 0.15) is 38.5 Å². The maximum atomic E-state index is 4.58. The third kappa shape index (κ3) is 1.05. The Hall–Kier alpha value is 0.310. The Kier molecular flexibility index (Phi) is 1.92. The average Bonchev–Trinajstić information content (AvgIpc) is 2.72. The van der Waals surface area contributed by atoms with E-state index in [4.69, 9.17) is 0 Å². The monoisotopic (exact) mass is 197 g/mol. The minimum absolute atomic E-state index is 0.541. The highest BCUT2D eigenvalue weighted by atomic mass is 32.1. The molecule has 0 spiro atoms. The third-order valence-electron chi connectivity index (χ3n) is 4.61. The molecule has 0 radical (unpaired) electrons. The number of hydrogen-bond donors (Lipinski definition) is 1. The molecule has 2 saturated heterocycles. The molecule has 2 heterocycles. The third-order valence-corrected chi connectivity index (χ3v) is 5.19. The molecule has 0 unspecified atom stereocenters. The van der Waals surface area contributed by atoms with E-state index in [1.54, 1.807) is 0 Å². The first-order valence-electron chi connectivity index (χ1n) is 5.73. The Morgan fingerprint density at radius 1 is 1.31 bits per heavy atom. The van der Waals surface area contributed by atoms with Gasteiger partial charge in [-0.3, -0.25) is 4.90 Å². The zero-order valence-electron chi connectivity index (χ0n) is 8.21. The fourth-order valence-electron chi connectivity index (χ4n) is 4.08. The first-order chi connectivity index (χ1) is 6.36. The lowest BCUT2D eigenvalue weighted by molar-refractivity contribution is 0.168. The van der Waals surface area contributed by atoms with Crippen molar-refractivity contribution >= 4 is 12.6 Å². The van der Waals surface area contributed by atoms with Crippen LogP contribution < -0.4 is 0 Å². The van der Waals surface area contributed by atoms with E-state index in [9.17, 15) is 0 Å². The van der Waals surface area contributed by atoms with Crippen LogP contribution in [0.2, 0.25) is 0 Å². The Morgan fingerprint density at radius 3 is 3.08 bits per heavy atom. The molecule has 0 amide bonds. The van der Waals surface area contributed by atoms with Crippen molar-refractivity contribution in [3.8, 4) is 0 Å². The Balaban J connectivity index is 1.89. The van der Waals surface area contributed by atoms with Gasteiger partial charge in [-0.15, -0.1) is 0 Å². The summed E-state index contributed by atoms with van der Waals surface area (Å²) in [6, 6.07) is 0.953. The van der Waals surface area contributed by atoms with Crippen LogP contribution in [-0.2, 0) is 0 Å². The van der Waals surface area contributed by atoms with Crippen molar-refractivity contribution in [3.63, 3.8) is 0 Å². The van der Waals surface area contributed by atoms with Crippen LogP contribution in [0.5, 0.6) is 0 Å². The zero-order chi connectivity index (χ0) is 8.89. The van der Waals surface area contributed by atoms with Crippen LogP contribution in [0, 0.1) is 5.92 Å².